The Morgan fingerprint density at radius 1 is 0.442 bits per heavy atom. The second-order valence-corrected chi connectivity index (χ2v) is 11.3. The van der Waals surface area contributed by atoms with Crippen molar-refractivity contribution in [1.29, 1.82) is 0 Å². The number of aliphatic hydroxyl groups excluding tert-OH is 9. The average molecular weight is 632 g/mol. The zero-order valence-corrected chi connectivity index (χ0v) is 23.0. The minimum atomic E-state index is -1.69. The zero-order valence-electron chi connectivity index (χ0n) is 23.0. The van der Waals surface area contributed by atoms with E-state index in [1.54, 1.807) is 0 Å². The van der Waals surface area contributed by atoms with Crippen LogP contribution in [0.4, 0.5) is 0 Å². The SMILES string of the molecule is NC[C@@H]1O[C@H](O[C@H]2[C@@H](O)[C@H](O[C@@H]3[C@@H](O)[C@H](N)C(O)[C@H](N)[C@H]3O[C@H]3O[C@H](CO)[C@@H](O)[C@H](O)[C@H]3N)O[C@@H]2CO)[C@H](N)[C@@H](O)[C@@H]1O. The molecule has 0 aromatic heterocycles. The van der Waals surface area contributed by atoms with E-state index in [0.29, 0.717) is 0 Å². The molecule has 0 bridgehead atoms. The first-order valence-electron chi connectivity index (χ1n) is 13.9. The Morgan fingerprint density at radius 3 is 1.44 bits per heavy atom. The summed E-state index contributed by atoms with van der Waals surface area (Å²) in [7, 11) is 0. The number of hydrogen-bond donors (Lipinski definition) is 14. The van der Waals surface area contributed by atoms with E-state index in [2.05, 4.69) is 0 Å². The van der Waals surface area contributed by atoms with Crippen LogP contribution in [0.3, 0.4) is 0 Å². The summed E-state index contributed by atoms with van der Waals surface area (Å²) < 4.78 is 34.1. The van der Waals surface area contributed by atoms with Gasteiger partial charge in [-0.3, -0.25) is 0 Å². The van der Waals surface area contributed by atoms with Gasteiger partial charge >= 0.3 is 0 Å². The van der Waals surface area contributed by atoms with Gasteiger partial charge in [-0.2, -0.15) is 0 Å². The summed E-state index contributed by atoms with van der Waals surface area (Å²) in [5.74, 6) is 0. The smallest absolute Gasteiger partial charge is 0.187 e. The molecule has 20 nitrogen and oxygen atoms in total. The summed E-state index contributed by atoms with van der Waals surface area (Å²) >= 11 is 0. The lowest BCUT2D eigenvalue weighted by Crippen LogP contribution is -2.72. The fourth-order valence-corrected chi connectivity index (χ4v) is 5.70. The number of hydrogen-bond acceptors (Lipinski definition) is 20. The van der Waals surface area contributed by atoms with Crippen LogP contribution in [-0.4, -0.2) is 188 Å². The van der Waals surface area contributed by atoms with Gasteiger partial charge in [-0.05, 0) is 0 Å². The van der Waals surface area contributed by atoms with Crippen molar-refractivity contribution in [1.82, 2.24) is 0 Å². The van der Waals surface area contributed by atoms with Gasteiger partial charge in [0.25, 0.3) is 0 Å². The highest BCUT2D eigenvalue weighted by Crippen LogP contribution is 2.34. The highest BCUT2D eigenvalue weighted by atomic mass is 16.8. The molecule has 19 N–H and O–H groups in total. The van der Waals surface area contributed by atoms with E-state index in [1.165, 1.54) is 0 Å². The molecule has 0 spiro atoms. The maximum absolute atomic E-state index is 11.1. The van der Waals surface area contributed by atoms with Crippen molar-refractivity contribution >= 4 is 0 Å². The molecular formula is C23H45N5O15. The highest BCUT2D eigenvalue weighted by Gasteiger charge is 2.56. The van der Waals surface area contributed by atoms with Crippen LogP contribution >= 0.6 is 0 Å². The van der Waals surface area contributed by atoms with Gasteiger partial charge in [-0.1, -0.05) is 0 Å². The third-order valence-electron chi connectivity index (χ3n) is 8.48. The predicted octanol–water partition coefficient (Wildman–Crippen LogP) is -9.89. The van der Waals surface area contributed by atoms with Gasteiger partial charge in [-0.15, -0.1) is 0 Å². The molecule has 4 rings (SSSR count). The Labute approximate surface area is 245 Å². The van der Waals surface area contributed by atoms with Crippen molar-refractivity contribution in [2.24, 2.45) is 28.7 Å². The third-order valence-corrected chi connectivity index (χ3v) is 8.48. The lowest BCUT2D eigenvalue weighted by molar-refractivity contribution is -0.315. The molecule has 0 aromatic rings. The van der Waals surface area contributed by atoms with Gasteiger partial charge in [0.15, 0.2) is 18.9 Å². The normalized spacial score (nSPS) is 54.6. The first-order valence-corrected chi connectivity index (χ1v) is 13.9. The van der Waals surface area contributed by atoms with Crippen LogP contribution in [0.15, 0.2) is 0 Å². The maximum Gasteiger partial charge on any atom is 0.187 e. The minimum Gasteiger partial charge on any atom is -0.394 e. The third kappa shape index (κ3) is 6.70. The van der Waals surface area contributed by atoms with Crippen LogP contribution in [0.5, 0.6) is 0 Å². The molecule has 4 fully saturated rings. The fourth-order valence-electron chi connectivity index (χ4n) is 5.70. The van der Waals surface area contributed by atoms with Crippen molar-refractivity contribution in [3.63, 3.8) is 0 Å². The van der Waals surface area contributed by atoms with Gasteiger partial charge in [0.05, 0.1) is 43.5 Å². The van der Waals surface area contributed by atoms with Crippen molar-refractivity contribution in [2.45, 2.75) is 122 Å². The number of rotatable bonds is 9. The maximum atomic E-state index is 11.1. The molecule has 4 aliphatic rings. The average Bonchev–Trinajstić information content (AvgIpc) is 3.29. The largest absolute Gasteiger partial charge is 0.394 e. The van der Waals surface area contributed by atoms with E-state index in [1.807, 2.05) is 0 Å². The van der Waals surface area contributed by atoms with Crippen LogP contribution in [0.1, 0.15) is 0 Å². The summed E-state index contributed by atoms with van der Waals surface area (Å²) in [6, 6.07) is -5.38. The van der Waals surface area contributed by atoms with Crippen molar-refractivity contribution in [3.8, 4) is 0 Å². The lowest BCUT2D eigenvalue weighted by Gasteiger charge is -2.48. The first kappa shape index (κ1) is 35.1. The summed E-state index contributed by atoms with van der Waals surface area (Å²) in [6.07, 6.45) is -23.5. The monoisotopic (exact) mass is 631 g/mol. The summed E-state index contributed by atoms with van der Waals surface area (Å²) in [6.45, 7) is -1.60. The second kappa shape index (κ2) is 14.3. The Morgan fingerprint density at radius 2 is 0.907 bits per heavy atom. The fraction of sp³-hybridized carbons (Fsp3) is 1.00. The molecule has 0 radical (unpaired) electrons. The molecule has 3 heterocycles. The molecule has 1 unspecified atom stereocenters. The van der Waals surface area contributed by atoms with Crippen molar-refractivity contribution < 1.29 is 74.4 Å². The Hall–Kier alpha value is -0.800. The quantitative estimate of drug-likeness (QED) is 0.112. The van der Waals surface area contributed by atoms with Crippen molar-refractivity contribution in [3.05, 3.63) is 0 Å². The lowest BCUT2D eigenvalue weighted by atomic mass is 9.82. The van der Waals surface area contributed by atoms with E-state index in [0.717, 1.165) is 0 Å². The van der Waals surface area contributed by atoms with Crippen molar-refractivity contribution in [2.75, 3.05) is 19.8 Å². The van der Waals surface area contributed by atoms with E-state index in [4.69, 9.17) is 57.1 Å². The van der Waals surface area contributed by atoms with Gasteiger partial charge in [0.1, 0.15) is 73.2 Å². The highest BCUT2D eigenvalue weighted by molar-refractivity contribution is 5.06. The molecule has 0 aromatic carbocycles. The standard InChI is InChI=1S/C23H45N5O15/c24-1-4-11(31)14(34)9(27)21(38-4)41-18-6(3-30)40-23(17(18)37)43-20-16(36)7(25)13(33)8(26)19(20)42-22-10(28)15(35)12(32)5(2-29)39-22/h4-23,29-37H,1-3,24-28H2/t4-,5+,6+,7+,8-,9+,10+,11+,12+,13?,14+,15+,16-,17+,18+,19+,20+,21+,22+,23-/m0/s1. The Balaban J connectivity index is 1.52. The van der Waals surface area contributed by atoms with Crippen LogP contribution in [0.25, 0.3) is 0 Å². The van der Waals surface area contributed by atoms with Crippen LogP contribution in [-0.2, 0) is 28.4 Å². The molecule has 0 amide bonds. The molecule has 1 aliphatic carbocycles. The Kier molecular flexibility index (Phi) is 11.7. The minimum absolute atomic E-state index is 0.194. The molecule has 43 heavy (non-hydrogen) atoms. The molecular weight excluding hydrogens is 586 g/mol. The molecule has 20 atom stereocenters. The molecule has 252 valence electrons. The molecule has 3 aliphatic heterocycles. The van der Waals surface area contributed by atoms with Crippen LogP contribution < -0.4 is 28.7 Å². The number of nitrogens with two attached hydrogens (primary N) is 5. The molecule has 3 saturated heterocycles. The van der Waals surface area contributed by atoms with Gasteiger partial charge in [0.2, 0.25) is 0 Å². The van der Waals surface area contributed by atoms with Crippen LogP contribution in [0, 0.1) is 0 Å². The first-order chi connectivity index (χ1) is 20.3. The van der Waals surface area contributed by atoms with E-state index in [9.17, 15) is 46.0 Å². The van der Waals surface area contributed by atoms with Gasteiger partial charge in [-0.25, -0.2) is 0 Å². The van der Waals surface area contributed by atoms with Gasteiger partial charge < -0.3 is 103 Å². The topological polar surface area (TPSA) is 368 Å². The molecule has 1 saturated carbocycles. The summed E-state index contributed by atoms with van der Waals surface area (Å²) in [4.78, 5) is 0. The predicted molar refractivity (Wildman–Crippen MR) is 138 cm³/mol. The Bertz CT molecular complexity index is 898. The van der Waals surface area contributed by atoms with E-state index < -0.39 is 136 Å². The van der Waals surface area contributed by atoms with Crippen LogP contribution in [0.2, 0.25) is 0 Å². The van der Waals surface area contributed by atoms with Gasteiger partial charge in [0, 0.05) is 6.54 Å². The van der Waals surface area contributed by atoms with E-state index in [-0.39, 0.29) is 6.54 Å². The zero-order chi connectivity index (χ0) is 31.9. The van der Waals surface area contributed by atoms with E-state index >= 15 is 0 Å². The number of ether oxygens (including phenoxy) is 6. The summed E-state index contributed by atoms with van der Waals surface area (Å²) in [5, 5.41) is 92.9. The molecule has 20 heteroatoms. The summed E-state index contributed by atoms with van der Waals surface area (Å²) in [5.41, 5.74) is 29.6. The second-order valence-electron chi connectivity index (χ2n) is 11.3. The number of aliphatic hydroxyl groups is 9.